The first kappa shape index (κ1) is 15.5. The van der Waals surface area contributed by atoms with Crippen molar-refractivity contribution in [1.29, 1.82) is 0 Å². The number of carbonyl (C=O) groups excluding carboxylic acids is 1. The molecule has 2 aromatic carbocycles. The lowest BCUT2D eigenvalue weighted by atomic mass is 10.3. The number of rotatable bonds is 6. The van der Waals surface area contributed by atoms with Crippen LogP contribution in [-0.2, 0) is 11.3 Å². The fraction of sp³-hybridized carbons (Fsp3) is 0.125. The number of nitro groups is 1. The number of aromatic amines is 1. The van der Waals surface area contributed by atoms with E-state index < -0.39 is 4.92 Å². The first-order valence-electron chi connectivity index (χ1n) is 7.19. The van der Waals surface area contributed by atoms with Crippen LogP contribution in [0.3, 0.4) is 0 Å². The largest absolute Gasteiger partial charge is 0.484 e. The number of hydrogen-bond donors (Lipinski definition) is 2. The molecule has 0 aliphatic rings. The van der Waals surface area contributed by atoms with Crippen LogP contribution in [0.2, 0.25) is 0 Å². The first-order chi connectivity index (χ1) is 11.6. The van der Waals surface area contributed by atoms with Gasteiger partial charge in [0.2, 0.25) is 0 Å². The second-order valence-electron chi connectivity index (χ2n) is 5.02. The first-order valence-corrected chi connectivity index (χ1v) is 7.19. The average molecular weight is 326 g/mol. The van der Waals surface area contributed by atoms with E-state index >= 15 is 0 Å². The van der Waals surface area contributed by atoms with E-state index in [1.54, 1.807) is 6.07 Å². The molecule has 1 aromatic heterocycles. The minimum Gasteiger partial charge on any atom is -0.484 e. The molecule has 1 heterocycles. The van der Waals surface area contributed by atoms with Crippen molar-refractivity contribution in [3.05, 3.63) is 64.5 Å². The van der Waals surface area contributed by atoms with Crippen molar-refractivity contribution >= 4 is 22.6 Å². The number of nitro benzene ring substituents is 1. The van der Waals surface area contributed by atoms with Crippen molar-refractivity contribution in [2.45, 2.75) is 6.54 Å². The molecule has 2 N–H and O–H groups in total. The normalized spacial score (nSPS) is 10.5. The highest BCUT2D eigenvalue weighted by atomic mass is 16.6. The minimum atomic E-state index is -0.519. The van der Waals surface area contributed by atoms with Gasteiger partial charge in [-0.25, -0.2) is 4.98 Å². The van der Waals surface area contributed by atoms with Gasteiger partial charge in [-0.15, -0.1) is 0 Å². The van der Waals surface area contributed by atoms with Gasteiger partial charge in [0, 0.05) is 6.07 Å². The Balaban J connectivity index is 1.52. The summed E-state index contributed by atoms with van der Waals surface area (Å²) >= 11 is 0. The van der Waals surface area contributed by atoms with Gasteiger partial charge in [-0.2, -0.15) is 0 Å². The molecule has 0 unspecified atom stereocenters. The Morgan fingerprint density at radius 2 is 2.08 bits per heavy atom. The fourth-order valence-electron chi connectivity index (χ4n) is 2.16. The van der Waals surface area contributed by atoms with Gasteiger partial charge in [0.25, 0.3) is 11.6 Å². The Morgan fingerprint density at radius 1 is 1.25 bits per heavy atom. The molecule has 122 valence electrons. The molecule has 1 amide bonds. The summed E-state index contributed by atoms with van der Waals surface area (Å²) in [5.41, 5.74) is 1.64. The van der Waals surface area contributed by atoms with E-state index in [1.807, 2.05) is 24.3 Å². The van der Waals surface area contributed by atoms with Crippen LogP contribution in [0.5, 0.6) is 5.75 Å². The quantitative estimate of drug-likeness (QED) is 0.533. The third-order valence-electron chi connectivity index (χ3n) is 3.29. The van der Waals surface area contributed by atoms with Gasteiger partial charge in [0.1, 0.15) is 11.6 Å². The van der Waals surface area contributed by atoms with E-state index in [1.165, 1.54) is 18.2 Å². The van der Waals surface area contributed by atoms with Crippen molar-refractivity contribution < 1.29 is 14.5 Å². The molecular weight excluding hydrogens is 312 g/mol. The number of ether oxygens (including phenoxy) is 1. The van der Waals surface area contributed by atoms with Crippen LogP contribution in [0, 0.1) is 10.1 Å². The zero-order chi connectivity index (χ0) is 16.9. The van der Waals surface area contributed by atoms with E-state index in [4.69, 9.17) is 4.74 Å². The standard InChI is InChI=1S/C16H14N4O4/c21-16(10-24-12-5-3-4-11(8-12)20(22)23)17-9-15-18-13-6-1-2-7-14(13)19-15/h1-8H,9-10H2,(H,17,21)(H,18,19). The van der Waals surface area contributed by atoms with Crippen LogP contribution in [0.1, 0.15) is 5.82 Å². The number of carbonyl (C=O) groups is 1. The number of H-pyrrole nitrogens is 1. The van der Waals surface area contributed by atoms with Gasteiger partial charge in [0.05, 0.1) is 28.6 Å². The van der Waals surface area contributed by atoms with Crippen LogP contribution in [0.15, 0.2) is 48.5 Å². The molecule has 3 aromatic rings. The van der Waals surface area contributed by atoms with Crippen molar-refractivity contribution in [2.24, 2.45) is 0 Å². The Labute approximate surface area is 136 Å². The third-order valence-corrected chi connectivity index (χ3v) is 3.29. The van der Waals surface area contributed by atoms with Gasteiger partial charge < -0.3 is 15.0 Å². The van der Waals surface area contributed by atoms with Crippen LogP contribution in [0.25, 0.3) is 11.0 Å². The Hall–Kier alpha value is -3.42. The number of fused-ring (bicyclic) bond motifs is 1. The fourth-order valence-corrected chi connectivity index (χ4v) is 2.16. The summed E-state index contributed by atoms with van der Waals surface area (Å²) in [7, 11) is 0. The number of benzene rings is 2. The van der Waals surface area contributed by atoms with Gasteiger partial charge in [-0.3, -0.25) is 14.9 Å². The molecule has 0 atom stereocenters. The molecule has 0 saturated heterocycles. The van der Waals surface area contributed by atoms with Crippen LogP contribution in [0.4, 0.5) is 5.69 Å². The summed E-state index contributed by atoms with van der Waals surface area (Å²) in [5, 5.41) is 13.4. The molecule has 8 heteroatoms. The van der Waals surface area contributed by atoms with Gasteiger partial charge >= 0.3 is 0 Å². The molecule has 0 saturated carbocycles. The Bertz CT molecular complexity index is 857. The highest BCUT2D eigenvalue weighted by Gasteiger charge is 2.09. The van der Waals surface area contributed by atoms with E-state index in [0.29, 0.717) is 5.82 Å². The molecular formula is C16H14N4O4. The molecule has 0 fully saturated rings. The molecule has 3 rings (SSSR count). The summed E-state index contributed by atoms with van der Waals surface area (Å²) in [4.78, 5) is 29.4. The highest BCUT2D eigenvalue weighted by molar-refractivity contribution is 5.78. The predicted molar refractivity (Wildman–Crippen MR) is 86.5 cm³/mol. The van der Waals surface area contributed by atoms with Crippen molar-refractivity contribution in [3.8, 4) is 5.75 Å². The number of nitrogens with zero attached hydrogens (tertiary/aromatic N) is 2. The number of non-ortho nitro benzene ring substituents is 1. The van der Waals surface area contributed by atoms with E-state index in [0.717, 1.165) is 11.0 Å². The number of para-hydroxylation sites is 2. The number of nitrogens with one attached hydrogen (secondary N) is 2. The van der Waals surface area contributed by atoms with Crippen molar-refractivity contribution in [2.75, 3.05) is 6.61 Å². The maximum Gasteiger partial charge on any atom is 0.273 e. The maximum atomic E-state index is 11.8. The highest BCUT2D eigenvalue weighted by Crippen LogP contribution is 2.18. The van der Waals surface area contributed by atoms with Gasteiger partial charge in [-0.1, -0.05) is 18.2 Å². The summed E-state index contributed by atoms with van der Waals surface area (Å²) in [6.45, 7) is 0.00715. The molecule has 0 spiro atoms. The minimum absolute atomic E-state index is 0.0878. The SMILES string of the molecule is O=C(COc1cccc([N+](=O)[O-])c1)NCc1nc2ccccc2[nH]1. The third kappa shape index (κ3) is 3.67. The second-order valence-corrected chi connectivity index (χ2v) is 5.02. The summed E-state index contributed by atoms with van der Waals surface area (Å²) < 4.78 is 5.26. The van der Waals surface area contributed by atoms with Gasteiger partial charge in [0.15, 0.2) is 6.61 Å². The molecule has 24 heavy (non-hydrogen) atoms. The number of aromatic nitrogens is 2. The summed E-state index contributed by atoms with van der Waals surface area (Å²) in [6.07, 6.45) is 0. The molecule has 0 bridgehead atoms. The van der Waals surface area contributed by atoms with Crippen molar-refractivity contribution in [3.63, 3.8) is 0 Å². The van der Waals surface area contributed by atoms with Crippen molar-refractivity contribution in [1.82, 2.24) is 15.3 Å². The predicted octanol–water partition coefficient (Wildman–Crippen LogP) is 2.17. The monoisotopic (exact) mass is 326 g/mol. The number of hydrogen-bond acceptors (Lipinski definition) is 5. The summed E-state index contributed by atoms with van der Waals surface area (Å²) in [5.74, 6) is 0.560. The average Bonchev–Trinajstić information content (AvgIpc) is 3.01. The molecule has 0 aliphatic carbocycles. The lowest BCUT2D eigenvalue weighted by Crippen LogP contribution is -2.28. The maximum absolute atomic E-state index is 11.8. The number of amides is 1. The van der Waals surface area contributed by atoms with Crippen LogP contribution >= 0.6 is 0 Å². The smallest absolute Gasteiger partial charge is 0.273 e. The summed E-state index contributed by atoms with van der Waals surface area (Å²) in [6, 6.07) is 13.2. The zero-order valence-electron chi connectivity index (χ0n) is 12.6. The van der Waals surface area contributed by atoms with E-state index in [2.05, 4.69) is 15.3 Å². The van der Waals surface area contributed by atoms with E-state index in [-0.39, 0.29) is 30.5 Å². The Kier molecular flexibility index (Phi) is 4.37. The Morgan fingerprint density at radius 3 is 2.88 bits per heavy atom. The van der Waals surface area contributed by atoms with Gasteiger partial charge in [-0.05, 0) is 18.2 Å². The molecule has 0 aliphatic heterocycles. The lowest BCUT2D eigenvalue weighted by molar-refractivity contribution is -0.384. The zero-order valence-corrected chi connectivity index (χ0v) is 12.6. The number of imidazole rings is 1. The second kappa shape index (κ2) is 6.78. The van der Waals surface area contributed by atoms with E-state index in [9.17, 15) is 14.9 Å². The molecule has 8 nitrogen and oxygen atoms in total. The van der Waals surface area contributed by atoms with Crippen LogP contribution < -0.4 is 10.1 Å². The topological polar surface area (TPSA) is 110 Å². The molecule has 0 radical (unpaired) electrons. The van der Waals surface area contributed by atoms with Crippen LogP contribution in [-0.4, -0.2) is 27.4 Å². The lowest BCUT2D eigenvalue weighted by Gasteiger charge is -2.06.